The number of hydrogen-bond acceptors (Lipinski definition) is 3. The van der Waals surface area contributed by atoms with Crippen LogP contribution in [0.5, 0.6) is 5.75 Å². The van der Waals surface area contributed by atoms with Gasteiger partial charge < -0.3 is 10.8 Å². The highest BCUT2D eigenvalue weighted by Gasteiger charge is 2.14. The van der Waals surface area contributed by atoms with Crippen LogP contribution in [-0.2, 0) is 0 Å². The molecule has 0 unspecified atom stereocenters. The molecule has 4 heteroatoms. The van der Waals surface area contributed by atoms with Gasteiger partial charge in [0.1, 0.15) is 11.6 Å². The van der Waals surface area contributed by atoms with Gasteiger partial charge in [0.05, 0.1) is 6.04 Å². The van der Waals surface area contributed by atoms with Crippen LogP contribution in [-0.4, -0.2) is 5.11 Å². The molecule has 0 bridgehead atoms. The first-order chi connectivity index (χ1) is 7.18. The van der Waals surface area contributed by atoms with Crippen molar-refractivity contribution in [3.05, 3.63) is 52.0 Å². The van der Waals surface area contributed by atoms with E-state index in [-0.39, 0.29) is 5.75 Å². The average molecular weight is 223 g/mol. The zero-order chi connectivity index (χ0) is 10.8. The molecular weight excluding hydrogens is 213 g/mol. The molecule has 0 aliphatic heterocycles. The van der Waals surface area contributed by atoms with Crippen LogP contribution < -0.4 is 5.73 Å². The van der Waals surface area contributed by atoms with Gasteiger partial charge >= 0.3 is 0 Å². The van der Waals surface area contributed by atoms with E-state index in [1.165, 1.54) is 29.5 Å². The summed E-state index contributed by atoms with van der Waals surface area (Å²) >= 11 is 1.52. The van der Waals surface area contributed by atoms with E-state index in [2.05, 4.69) is 0 Å². The highest BCUT2D eigenvalue weighted by Crippen LogP contribution is 2.28. The van der Waals surface area contributed by atoms with E-state index in [4.69, 9.17) is 5.73 Å². The number of phenols is 1. The van der Waals surface area contributed by atoms with Gasteiger partial charge in [-0.05, 0) is 40.6 Å². The van der Waals surface area contributed by atoms with Gasteiger partial charge in [-0.25, -0.2) is 4.39 Å². The number of phenolic OH excluding ortho intramolecular Hbond substituents is 1. The third kappa shape index (κ3) is 2.00. The van der Waals surface area contributed by atoms with E-state index in [0.717, 1.165) is 5.56 Å². The Morgan fingerprint density at radius 2 is 2.13 bits per heavy atom. The minimum absolute atomic E-state index is 0.0232. The van der Waals surface area contributed by atoms with E-state index >= 15 is 0 Å². The minimum atomic E-state index is -0.480. The van der Waals surface area contributed by atoms with Crippen molar-refractivity contribution in [2.24, 2.45) is 5.73 Å². The molecule has 1 aromatic heterocycles. The lowest BCUT2D eigenvalue weighted by Gasteiger charge is -2.12. The molecule has 1 atom stereocenters. The fraction of sp³-hybridized carbons (Fsp3) is 0.0909. The first-order valence-corrected chi connectivity index (χ1v) is 5.39. The fourth-order valence-corrected chi connectivity index (χ4v) is 2.10. The van der Waals surface area contributed by atoms with Crippen LogP contribution in [0.3, 0.4) is 0 Å². The summed E-state index contributed by atoms with van der Waals surface area (Å²) in [6.07, 6.45) is 0. The zero-order valence-electron chi connectivity index (χ0n) is 7.85. The van der Waals surface area contributed by atoms with Gasteiger partial charge in [-0.3, -0.25) is 0 Å². The maximum absolute atomic E-state index is 13.0. The minimum Gasteiger partial charge on any atom is -0.508 e. The summed E-state index contributed by atoms with van der Waals surface area (Å²) in [4.78, 5) is 0. The predicted molar refractivity (Wildman–Crippen MR) is 58.4 cm³/mol. The molecule has 1 heterocycles. The van der Waals surface area contributed by atoms with Crippen LogP contribution in [0, 0.1) is 5.82 Å². The summed E-state index contributed by atoms with van der Waals surface area (Å²) in [6.45, 7) is 0. The summed E-state index contributed by atoms with van der Waals surface area (Å²) in [5.41, 5.74) is 7.20. The van der Waals surface area contributed by atoms with Gasteiger partial charge in [0.15, 0.2) is 0 Å². The smallest absolute Gasteiger partial charge is 0.123 e. The molecule has 0 saturated carbocycles. The van der Waals surface area contributed by atoms with Gasteiger partial charge in [-0.15, -0.1) is 0 Å². The molecule has 0 amide bonds. The van der Waals surface area contributed by atoms with Crippen molar-refractivity contribution in [2.75, 3.05) is 0 Å². The van der Waals surface area contributed by atoms with Crippen molar-refractivity contribution in [3.8, 4) is 5.75 Å². The van der Waals surface area contributed by atoms with Gasteiger partial charge in [-0.1, -0.05) is 0 Å². The van der Waals surface area contributed by atoms with Crippen LogP contribution in [0.4, 0.5) is 4.39 Å². The Hall–Kier alpha value is -1.39. The normalized spacial score (nSPS) is 12.7. The number of benzene rings is 1. The monoisotopic (exact) mass is 223 g/mol. The van der Waals surface area contributed by atoms with E-state index in [1.807, 2.05) is 16.8 Å². The molecular formula is C11H10FNOS. The molecule has 0 aliphatic rings. The molecule has 3 N–H and O–H groups in total. The van der Waals surface area contributed by atoms with E-state index in [0.29, 0.717) is 5.56 Å². The second kappa shape index (κ2) is 4.00. The SMILES string of the molecule is N[C@H](c1ccsc1)c1cc(F)ccc1O. The summed E-state index contributed by atoms with van der Waals surface area (Å²) in [5, 5.41) is 13.3. The lowest BCUT2D eigenvalue weighted by Crippen LogP contribution is -2.11. The molecule has 0 saturated heterocycles. The molecule has 0 radical (unpaired) electrons. The topological polar surface area (TPSA) is 46.2 Å². The molecule has 2 nitrogen and oxygen atoms in total. The van der Waals surface area contributed by atoms with Crippen LogP contribution in [0.15, 0.2) is 35.0 Å². The van der Waals surface area contributed by atoms with E-state index in [1.54, 1.807) is 0 Å². The summed E-state index contributed by atoms with van der Waals surface area (Å²) < 4.78 is 13.0. The van der Waals surface area contributed by atoms with E-state index < -0.39 is 11.9 Å². The zero-order valence-corrected chi connectivity index (χ0v) is 8.67. The Morgan fingerprint density at radius 1 is 1.33 bits per heavy atom. The summed E-state index contributed by atoms with van der Waals surface area (Å²) in [6, 6.07) is 5.17. The maximum Gasteiger partial charge on any atom is 0.123 e. The van der Waals surface area contributed by atoms with Gasteiger partial charge in [0, 0.05) is 5.56 Å². The Balaban J connectivity index is 2.41. The summed E-state index contributed by atoms with van der Waals surface area (Å²) in [7, 11) is 0. The third-order valence-electron chi connectivity index (χ3n) is 2.23. The number of nitrogens with two attached hydrogens (primary N) is 1. The fourth-order valence-electron chi connectivity index (χ4n) is 1.41. The lowest BCUT2D eigenvalue weighted by molar-refractivity contribution is 0.462. The second-order valence-corrected chi connectivity index (χ2v) is 4.02. The largest absolute Gasteiger partial charge is 0.508 e. The Bertz CT molecular complexity index is 456. The average Bonchev–Trinajstić information content (AvgIpc) is 2.74. The van der Waals surface area contributed by atoms with Crippen molar-refractivity contribution in [3.63, 3.8) is 0 Å². The predicted octanol–water partition coefficient (Wildman–Crippen LogP) is 2.64. The first-order valence-electron chi connectivity index (χ1n) is 4.44. The highest BCUT2D eigenvalue weighted by molar-refractivity contribution is 7.08. The summed E-state index contributed by atoms with van der Waals surface area (Å²) in [5.74, 6) is -0.372. The van der Waals surface area contributed by atoms with Crippen LogP contribution in [0.2, 0.25) is 0 Å². The van der Waals surface area contributed by atoms with Crippen molar-refractivity contribution in [1.29, 1.82) is 0 Å². The highest BCUT2D eigenvalue weighted by atomic mass is 32.1. The van der Waals surface area contributed by atoms with Crippen molar-refractivity contribution in [2.45, 2.75) is 6.04 Å². The number of hydrogen-bond donors (Lipinski definition) is 2. The number of rotatable bonds is 2. The molecule has 78 valence electrons. The molecule has 0 aliphatic carbocycles. The molecule has 2 aromatic rings. The van der Waals surface area contributed by atoms with Gasteiger partial charge in [-0.2, -0.15) is 11.3 Å². The standard InChI is InChI=1S/C11H10FNOS/c12-8-1-2-10(14)9(5-8)11(13)7-3-4-15-6-7/h1-6,11,14H,13H2/t11-/m1/s1. The van der Waals surface area contributed by atoms with Gasteiger partial charge in [0.2, 0.25) is 0 Å². The van der Waals surface area contributed by atoms with Crippen LogP contribution >= 0.6 is 11.3 Å². The van der Waals surface area contributed by atoms with E-state index in [9.17, 15) is 9.50 Å². The Morgan fingerprint density at radius 3 is 2.80 bits per heavy atom. The van der Waals surface area contributed by atoms with Crippen molar-refractivity contribution >= 4 is 11.3 Å². The molecule has 0 spiro atoms. The Labute approximate surface area is 90.8 Å². The quantitative estimate of drug-likeness (QED) is 0.822. The Kier molecular flexibility index (Phi) is 2.70. The van der Waals surface area contributed by atoms with Crippen molar-refractivity contribution in [1.82, 2.24) is 0 Å². The molecule has 0 fully saturated rings. The van der Waals surface area contributed by atoms with Crippen LogP contribution in [0.1, 0.15) is 17.2 Å². The number of halogens is 1. The molecule has 1 aromatic carbocycles. The number of aromatic hydroxyl groups is 1. The van der Waals surface area contributed by atoms with Crippen LogP contribution in [0.25, 0.3) is 0 Å². The maximum atomic E-state index is 13.0. The first kappa shape index (κ1) is 10.1. The second-order valence-electron chi connectivity index (χ2n) is 3.24. The molecule has 2 rings (SSSR count). The number of thiophene rings is 1. The lowest BCUT2D eigenvalue weighted by atomic mass is 10.0. The van der Waals surface area contributed by atoms with Crippen molar-refractivity contribution < 1.29 is 9.50 Å². The third-order valence-corrected chi connectivity index (χ3v) is 2.93. The molecule has 15 heavy (non-hydrogen) atoms. The van der Waals surface area contributed by atoms with Gasteiger partial charge in [0.25, 0.3) is 0 Å².